The summed E-state index contributed by atoms with van der Waals surface area (Å²) < 4.78 is 18.3. The van der Waals surface area contributed by atoms with E-state index < -0.39 is 17.0 Å². The van der Waals surface area contributed by atoms with Crippen molar-refractivity contribution in [2.75, 3.05) is 11.5 Å². The first kappa shape index (κ1) is 19.6. The van der Waals surface area contributed by atoms with Crippen LogP contribution in [0.3, 0.4) is 0 Å². The van der Waals surface area contributed by atoms with Crippen LogP contribution >= 0.6 is 11.8 Å². The summed E-state index contributed by atoms with van der Waals surface area (Å²) in [5.74, 6) is -1.50. The van der Waals surface area contributed by atoms with Gasteiger partial charge in [-0.05, 0) is 43.2 Å². The standard InChI is InChI=1S/C21H17FN2O3S/c1-2-27-21(26)17(13-23)20-24(16-10-8-15(22)9-11-16)19(25)18(28-20)12-14-6-4-3-5-7-14/h3-11,18H,2,12H2,1H3/b20-17+/t18-/m1/s1. The highest BCUT2D eigenvalue weighted by Gasteiger charge is 2.41. The first-order chi connectivity index (χ1) is 13.5. The van der Waals surface area contributed by atoms with E-state index in [4.69, 9.17) is 4.74 Å². The summed E-state index contributed by atoms with van der Waals surface area (Å²) in [5, 5.41) is 9.23. The maximum absolute atomic E-state index is 13.3. The van der Waals surface area contributed by atoms with Crippen molar-refractivity contribution < 1.29 is 18.7 Å². The van der Waals surface area contributed by atoms with E-state index in [1.165, 1.54) is 29.2 Å². The Bertz CT molecular complexity index is 952. The summed E-state index contributed by atoms with van der Waals surface area (Å²) in [6.07, 6.45) is 0.438. The summed E-state index contributed by atoms with van der Waals surface area (Å²) >= 11 is 1.15. The van der Waals surface area contributed by atoms with Gasteiger partial charge in [0, 0.05) is 5.69 Å². The van der Waals surface area contributed by atoms with Crippen molar-refractivity contribution in [3.8, 4) is 6.07 Å². The Hall–Kier alpha value is -3.11. The number of hydrogen-bond donors (Lipinski definition) is 0. The molecule has 0 aliphatic carbocycles. The van der Waals surface area contributed by atoms with E-state index >= 15 is 0 Å². The number of carbonyl (C=O) groups is 2. The van der Waals surface area contributed by atoms with Crippen molar-refractivity contribution in [2.45, 2.75) is 18.6 Å². The van der Waals surface area contributed by atoms with Gasteiger partial charge in [-0.1, -0.05) is 42.1 Å². The van der Waals surface area contributed by atoms with Crippen molar-refractivity contribution in [2.24, 2.45) is 0 Å². The maximum atomic E-state index is 13.3. The number of thioether (sulfide) groups is 1. The summed E-state index contributed by atoms with van der Waals surface area (Å²) in [6.45, 7) is 1.75. The minimum atomic E-state index is -0.784. The van der Waals surface area contributed by atoms with Gasteiger partial charge in [-0.15, -0.1) is 0 Å². The molecule has 2 aromatic carbocycles. The van der Waals surface area contributed by atoms with Crippen molar-refractivity contribution in [3.63, 3.8) is 0 Å². The largest absolute Gasteiger partial charge is 0.462 e. The normalized spacial score (nSPS) is 18.0. The van der Waals surface area contributed by atoms with Gasteiger partial charge >= 0.3 is 5.97 Å². The average molecular weight is 396 g/mol. The van der Waals surface area contributed by atoms with Crippen LogP contribution in [0.4, 0.5) is 10.1 Å². The van der Waals surface area contributed by atoms with Crippen LogP contribution in [0.5, 0.6) is 0 Å². The number of anilines is 1. The van der Waals surface area contributed by atoms with Gasteiger partial charge in [-0.25, -0.2) is 9.18 Å². The minimum absolute atomic E-state index is 0.111. The molecule has 142 valence electrons. The van der Waals surface area contributed by atoms with Crippen LogP contribution < -0.4 is 4.90 Å². The molecule has 0 spiro atoms. The molecule has 0 saturated carbocycles. The van der Waals surface area contributed by atoms with E-state index in [0.29, 0.717) is 12.1 Å². The molecule has 1 amide bonds. The van der Waals surface area contributed by atoms with Crippen molar-refractivity contribution in [1.29, 1.82) is 5.26 Å². The third-order valence-corrected chi connectivity index (χ3v) is 5.37. The van der Waals surface area contributed by atoms with Gasteiger partial charge < -0.3 is 4.74 Å². The minimum Gasteiger partial charge on any atom is -0.462 e. The molecule has 1 fully saturated rings. The van der Waals surface area contributed by atoms with Crippen LogP contribution in [0.25, 0.3) is 0 Å². The molecule has 1 aliphatic rings. The van der Waals surface area contributed by atoms with Gasteiger partial charge in [-0.2, -0.15) is 5.26 Å². The average Bonchev–Trinajstić information content (AvgIpc) is 3.00. The SMILES string of the molecule is CCOC(=O)/C(C#N)=C1/S[C@H](Cc2ccccc2)C(=O)N1c1ccc(F)cc1. The number of nitriles is 1. The summed E-state index contributed by atoms with van der Waals surface area (Å²) in [5.41, 5.74) is 1.12. The molecule has 2 aromatic rings. The second kappa shape index (κ2) is 8.72. The molecule has 28 heavy (non-hydrogen) atoms. The highest BCUT2D eigenvalue weighted by atomic mass is 32.2. The number of halogens is 1. The Labute approximate surface area is 166 Å². The fraction of sp³-hybridized carbons (Fsp3) is 0.190. The first-order valence-corrected chi connectivity index (χ1v) is 9.54. The molecule has 1 atom stereocenters. The van der Waals surface area contributed by atoms with E-state index in [1.54, 1.807) is 6.92 Å². The summed E-state index contributed by atoms with van der Waals surface area (Å²) in [6, 6.07) is 16.7. The van der Waals surface area contributed by atoms with Crippen LogP contribution in [-0.2, 0) is 20.7 Å². The van der Waals surface area contributed by atoms with Crippen LogP contribution in [0.1, 0.15) is 12.5 Å². The summed E-state index contributed by atoms with van der Waals surface area (Å²) in [7, 11) is 0. The Balaban J connectivity index is 2.03. The van der Waals surface area contributed by atoms with Crippen LogP contribution in [0.15, 0.2) is 65.2 Å². The predicted octanol–water partition coefficient (Wildman–Crippen LogP) is 3.82. The molecular weight excluding hydrogens is 379 g/mol. The molecule has 1 aliphatic heterocycles. The second-order valence-corrected chi connectivity index (χ2v) is 7.15. The van der Waals surface area contributed by atoms with Crippen molar-refractivity contribution in [3.05, 3.63) is 76.6 Å². The zero-order valence-electron chi connectivity index (χ0n) is 15.1. The third-order valence-electron chi connectivity index (χ3n) is 4.11. The highest BCUT2D eigenvalue weighted by molar-refractivity contribution is 8.05. The molecule has 7 heteroatoms. The Morgan fingerprint density at radius 3 is 2.50 bits per heavy atom. The lowest BCUT2D eigenvalue weighted by atomic mass is 10.1. The van der Waals surface area contributed by atoms with Crippen LogP contribution in [-0.4, -0.2) is 23.7 Å². The number of benzene rings is 2. The number of rotatable bonds is 5. The van der Waals surface area contributed by atoms with E-state index in [1.807, 2.05) is 36.4 Å². The monoisotopic (exact) mass is 396 g/mol. The molecule has 0 unspecified atom stereocenters. The van der Waals surface area contributed by atoms with Gasteiger partial charge in [0.1, 0.15) is 16.9 Å². The lowest BCUT2D eigenvalue weighted by Crippen LogP contribution is -2.30. The van der Waals surface area contributed by atoms with Crippen LogP contribution in [0, 0.1) is 17.1 Å². The van der Waals surface area contributed by atoms with E-state index in [0.717, 1.165) is 17.3 Å². The predicted molar refractivity (Wildman–Crippen MR) is 105 cm³/mol. The van der Waals surface area contributed by atoms with Gasteiger partial charge in [0.05, 0.1) is 11.9 Å². The lowest BCUT2D eigenvalue weighted by Gasteiger charge is -2.18. The van der Waals surface area contributed by atoms with E-state index in [2.05, 4.69) is 0 Å². The molecule has 0 aromatic heterocycles. The Kier molecular flexibility index (Phi) is 6.12. The zero-order chi connectivity index (χ0) is 20.1. The molecule has 3 rings (SSSR count). The quantitative estimate of drug-likeness (QED) is 0.437. The van der Waals surface area contributed by atoms with Crippen molar-refractivity contribution >= 4 is 29.3 Å². The van der Waals surface area contributed by atoms with Gasteiger partial charge in [0.25, 0.3) is 0 Å². The van der Waals surface area contributed by atoms with Crippen molar-refractivity contribution in [1.82, 2.24) is 0 Å². The maximum Gasteiger partial charge on any atom is 0.351 e. The number of amides is 1. The van der Waals surface area contributed by atoms with Gasteiger partial charge in [0.2, 0.25) is 5.91 Å². The second-order valence-electron chi connectivity index (χ2n) is 5.96. The fourth-order valence-corrected chi connectivity index (χ4v) is 4.13. The fourth-order valence-electron chi connectivity index (χ4n) is 2.83. The molecule has 0 radical (unpaired) electrons. The third kappa shape index (κ3) is 4.07. The summed E-state index contributed by atoms with van der Waals surface area (Å²) in [4.78, 5) is 26.7. The topological polar surface area (TPSA) is 70.4 Å². The van der Waals surface area contributed by atoms with E-state index in [9.17, 15) is 19.2 Å². The molecule has 5 nitrogen and oxygen atoms in total. The Morgan fingerprint density at radius 1 is 1.21 bits per heavy atom. The molecule has 0 N–H and O–H groups in total. The van der Waals surface area contributed by atoms with Gasteiger partial charge in [0.15, 0.2) is 5.57 Å². The Morgan fingerprint density at radius 2 is 1.89 bits per heavy atom. The van der Waals surface area contributed by atoms with E-state index in [-0.39, 0.29) is 23.1 Å². The number of nitrogens with zero attached hydrogens (tertiary/aromatic N) is 2. The van der Waals surface area contributed by atoms with Crippen LogP contribution in [0.2, 0.25) is 0 Å². The smallest absolute Gasteiger partial charge is 0.351 e. The number of hydrogen-bond acceptors (Lipinski definition) is 5. The molecule has 1 saturated heterocycles. The molecular formula is C21H17FN2O3S. The first-order valence-electron chi connectivity index (χ1n) is 8.66. The number of carbonyl (C=O) groups excluding carboxylic acids is 2. The molecule has 1 heterocycles. The number of esters is 1. The van der Waals surface area contributed by atoms with Gasteiger partial charge in [-0.3, -0.25) is 9.69 Å². The number of ether oxygens (including phenoxy) is 1. The zero-order valence-corrected chi connectivity index (χ0v) is 15.9. The highest BCUT2D eigenvalue weighted by Crippen LogP contribution is 2.42. The lowest BCUT2D eigenvalue weighted by molar-refractivity contribution is -0.138. The molecule has 0 bridgehead atoms.